The number of aliphatic hydroxyl groups is 1. The molecular formula is C12H18N2O2. The van der Waals surface area contributed by atoms with E-state index in [4.69, 9.17) is 0 Å². The molecule has 0 spiro atoms. The lowest BCUT2D eigenvalue weighted by atomic mass is 9.98. The van der Waals surface area contributed by atoms with Gasteiger partial charge < -0.3 is 5.11 Å². The Labute approximate surface area is 95.8 Å². The predicted molar refractivity (Wildman–Crippen MR) is 63.7 cm³/mol. The van der Waals surface area contributed by atoms with Crippen LogP contribution in [0.5, 0.6) is 0 Å². The summed E-state index contributed by atoms with van der Waals surface area (Å²) in [4.78, 5) is 10.5. The highest BCUT2D eigenvalue weighted by molar-refractivity contribution is 5.18. The zero-order chi connectivity index (χ0) is 12.0. The van der Waals surface area contributed by atoms with Gasteiger partial charge in [-0.3, -0.25) is 5.01 Å². The molecule has 1 N–H and O–H groups in total. The summed E-state index contributed by atoms with van der Waals surface area (Å²) in [5.74, 6) is 0. The van der Waals surface area contributed by atoms with Crippen molar-refractivity contribution in [1.29, 1.82) is 0 Å². The van der Waals surface area contributed by atoms with Crippen molar-refractivity contribution in [3.05, 3.63) is 40.8 Å². The van der Waals surface area contributed by atoms with Crippen molar-refractivity contribution in [2.24, 2.45) is 5.29 Å². The lowest BCUT2D eigenvalue weighted by Crippen LogP contribution is -2.32. The van der Waals surface area contributed by atoms with Crippen LogP contribution in [-0.4, -0.2) is 23.2 Å². The maximum absolute atomic E-state index is 10.5. The Morgan fingerprint density at radius 1 is 1.38 bits per heavy atom. The summed E-state index contributed by atoms with van der Waals surface area (Å²) in [6.45, 7) is 2.02. The van der Waals surface area contributed by atoms with Crippen molar-refractivity contribution in [1.82, 2.24) is 5.01 Å². The molecule has 0 bridgehead atoms. The summed E-state index contributed by atoms with van der Waals surface area (Å²) in [5, 5.41) is 14.3. The average Bonchev–Trinajstić information content (AvgIpc) is 2.35. The van der Waals surface area contributed by atoms with Gasteiger partial charge in [0.1, 0.15) is 6.10 Å². The molecule has 0 aromatic heterocycles. The van der Waals surface area contributed by atoms with E-state index in [0.29, 0.717) is 0 Å². The van der Waals surface area contributed by atoms with Gasteiger partial charge in [-0.15, -0.1) is 4.91 Å². The summed E-state index contributed by atoms with van der Waals surface area (Å²) >= 11 is 0. The maximum Gasteiger partial charge on any atom is 0.101 e. The van der Waals surface area contributed by atoms with Crippen LogP contribution in [-0.2, 0) is 0 Å². The number of benzene rings is 1. The van der Waals surface area contributed by atoms with E-state index >= 15 is 0 Å². The Morgan fingerprint density at radius 2 is 2.00 bits per heavy atom. The molecule has 2 atom stereocenters. The third-order valence-electron chi connectivity index (χ3n) is 2.70. The van der Waals surface area contributed by atoms with Crippen LogP contribution in [0.2, 0.25) is 0 Å². The summed E-state index contributed by atoms with van der Waals surface area (Å²) < 4.78 is 0. The number of likely N-dealkylation sites (N-methyl/N-ethyl adjacent to an activating group) is 1. The molecule has 88 valence electrons. The van der Waals surface area contributed by atoms with Gasteiger partial charge in [0.2, 0.25) is 0 Å². The molecule has 0 aliphatic rings. The van der Waals surface area contributed by atoms with Crippen LogP contribution in [0.25, 0.3) is 0 Å². The number of rotatable bonds is 6. The molecule has 4 nitrogen and oxygen atoms in total. The SMILES string of the molecule is CCC[C@@H]([C@H](O)c1ccccc1)N(C)N=O. The van der Waals surface area contributed by atoms with E-state index in [9.17, 15) is 10.0 Å². The summed E-state index contributed by atoms with van der Waals surface area (Å²) in [6.07, 6.45) is 0.955. The third-order valence-corrected chi connectivity index (χ3v) is 2.70. The minimum atomic E-state index is -0.677. The van der Waals surface area contributed by atoms with Crippen LogP contribution in [0.15, 0.2) is 35.6 Å². The second kappa shape index (κ2) is 6.23. The van der Waals surface area contributed by atoms with Crippen LogP contribution in [0.3, 0.4) is 0 Å². The van der Waals surface area contributed by atoms with Gasteiger partial charge >= 0.3 is 0 Å². The van der Waals surface area contributed by atoms with Crippen LogP contribution in [0, 0.1) is 4.91 Å². The minimum Gasteiger partial charge on any atom is -0.386 e. The summed E-state index contributed by atoms with van der Waals surface area (Å²) in [7, 11) is 1.60. The highest BCUT2D eigenvalue weighted by Gasteiger charge is 2.24. The van der Waals surface area contributed by atoms with Crippen molar-refractivity contribution >= 4 is 0 Å². The lowest BCUT2D eigenvalue weighted by Gasteiger charge is -2.27. The van der Waals surface area contributed by atoms with E-state index in [1.807, 2.05) is 37.3 Å². The normalized spacial score (nSPS) is 14.2. The van der Waals surface area contributed by atoms with Crippen molar-refractivity contribution < 1.29 is 5.11 Å². The van der Waals surface area contributed by atoms with Gasteiger partial charge in [-0.1, -0.05) is 43.7 Å². The number of hydrogen-bond donors (Lipinski definition) is 1. The van der Waals surface area contributed by atoms with Gasteiger partial charge in [0.05, 0.1) is 11.3 Å². The average molecular weight is 222 g/mol. The molecule has 0 aliphatic carbocycles. The highest BCUT2D eigenvalue weighted by atomic mass is 16.3. The Balaban J connectivity index is 2.82. The fourth-order valence-electron chi connectivity index (χ4n) is 1.78. The molecule has 0 amide bonds. The third kappa shape index (κ3) is 3.03. The Hall–Kier alpha value is -1.42. The molecule has 0 saturated carbocycles. The zero-order valence-corrected chi connectivity index (χ0v) is 9.71. The molecule has 4 heteroatoms. The Morgan fingerprint density at radius 3 is 2.50 bits per heavy atom. The second-order valence-electron chi connectivity index (χ2n) is 3.87. The van der Waals surface area contributed by atoms with Gasteiger partial charge in [0.25, 0.3) is 0 Å². The van der Waals surface area contributed by atoms with Gasteiger partial charge in [-0.25, -0.2) is 0 Å². The first-order valence-corrected chi connectivity index (χ1v) is 5.49. The second-order valence-corrected chi connectivity index (χ2v) is 3.87. The van der Waals surface area contributed by atoms with E-state index in [2.05, 4.69) is 5.29 Å². The number of hydrogen-bond acceptors (Lipinski definition) is 3. The van der Waals surface area contributed by atoms with Crippen molar-refractivity contribution in [3.63, 3.8) is 0 Å². The molecule has 0 saturated heterocycles. The van der Waals surface area contributed by atoms with Gasteiger partial charge in [-0.2, -0.15) is 0 Å². The first kappa shape index (κ1) is 12.6. The number of nitroso groups, excluding NO2 is 1. The topological polar surface area (TPSA) is 52.9 Å². The highest BCUT2D eigenvalue weighted by Crippen LogP contribution is 2.23. The van der Waals surface area contributed by atoms with Gasteiger partial charge in [0.15, 0.2) is 0 Å². The quantitative estimate of drug-likeness (QED) is 0.594. The minimum absolute atomic E-state index is 0.259. The molecule has 0 aliphatic heterocycles. The molecule has 0 unspecified atom stereocenters. The van der Waals surface area contributed by atoms with Gasteiger partial charge in [0, 0.05) is 7.05 Å². The van der Waals surface area contributed by atoms with Crippen molar-refractivity contribution in [2.75, 3.05) is 7.05 Å². The lowest BCUT2D eigenvalue weighted by molar-refractivity contribution is 0.0575. The molecule has 1 aromatic carbocycles. The van der Waals surface area contributed by atoms with E-state index in [0.717, 1.165) is 18.4 Å². The van der Waals surface area contributed by atoms with Crippen LogP contribution in [0.1, 0.15) is 31.4 Å². The maximum atomic E-state index is 10.5. The molecule has 0 heterocycles. The van der Waals surface area contributed by atoms with E-state index < -0.39 is 6.10 Å². The monoisotopic (exact) mass is 222 g/mol. The summed E-state index contributed by atoms with van der Waals surface area (Å²) in [6, 6.07) is 9.08. The fourth-order valence-corrected chi connectivity index (χ4v) is 1.78. The largest absolute Gasteiger partial charge is 0.386 e. The first-order chi connectivity index (χ1) is 7.70. The van der Waals surface area contributed by atoms with Crippen LogP contribution in [0.4, 0.5) is 0 Å². The van der Waals surface area contributed by atoms with Crippen molar-refractivity contribution in [3.8, 4) is 0 Å². The number of aliphatic hydroxyl groups excluding tert-OH is 1. The first-order valence-electron chi connectivity index (χ1n) is 5.49. The zero-order valence-electron chi connectivity index (χ0n) is 9.71. The molecule has 0 radical (unpaired) electrons. The van der Waals surface area contributed by atoms with Gasteiger partial charge in [-0.05, 0) is 12.0 Å². The van der Waals surface area contributed by atoms with Crippen LogP contribution >= 0.6 is 0 Å². The van der Waals surface area contributed by atoms with E-state index in [1.54, 1.807) is 7.05 Å². The van der Waals surface area contributed by atoms with Crippen LogP contribution < -0.4 is 0 Å². The molecule has 1 aromatic rings. The molecule has 0 fully saturated rings. The Kier molecular flexibility index (Phi) is 4.92. The van der Waals surface area contributed by atoms with E-state index in [-0.39, 0.29) is 6.04 Å². The summed E-state index contributed by atoms with van der Waals surface area (Å²) in [5.41, 5.74) is 0.816. The van der Waals surface area contributed by atoms with E-state index in [1.165, 1.54) is 5.01 Å². The predicted octanol–water partition coefficient (Wildman–Crippen LogP) is 2.50. The van der Waals surface area contributed by atoms with Crippen molar-refractivity contribution in [2.45, 2.75) is 31.9 Å². The fraction of sp³-hybridized carbons (Fsp3) is 0.500. The molecule has 1 rings (SSSR count). The molecular weight excluding hydrogens is 204 g/mol. The smallest absolute Gasteiger partial charge is 0.101 e. The number of nitrogens with zero attached hydrogens (tertiary/aromatic N) is 2. The standard InChI is InChI=1S/C12H18N2O2/c1-3-7-11(14(2)13-16)12(15)10-8-5-4-6-9-10/h4-6,8-9,11-12,15H,3,7H2,1-2H3/t11-,12+/m0/s1. The Bertz CT molecular complexity index is 316. The molecule has 16 heavy (non-hydrogen) atoms.